The Morgan fingerprint density at radius 2 is 2.00 bits per heavy atom. The summed E-state index contributed by atoms with van der Waals surface area (Å²) in [5.41, 5.74) is 0. The quantitative estimate of drug-likeness (QED) is 0.605. The Bertz CT molecular complexity index is 161. The molecule has 0 aliphatic heterocycles. The second-order valence-corrected chi connectivity index (χ2v) is 3.36. The lowest BCUT2D eigenvalue weighted by Crippen LogP contribution is -2.44. The summed E-state index contributed by atoms with van der Waals surface area (Å²) in [4.78, 5) is 11.0. The molecule has 78 valence electrons. The molecule has 0 saturated carbocycles. The van der Waals surface area contributed by atoms with Gasteiger partial charge in [-0.05, 0) is 19.8 Å². The van der Waals surface area contributed by atoms with Gasteiger partial charge in [0.1, 0.15) is 6.04 Å². The normalized spacial score (nSPS) is 17.6. The molecule has 2 N–H and O–H groups in total. The predicted octanol–water partition coefficient (Wildman–Crippen LogP) is 0.154. The fourth-order valence-electron chi connectivity index (χ4n) is 0.962. The van der Waals surface area contributed by atoms with Gasteiger partial charge >= 0.3 is 5.97 Å². The predicted molar refractivity (Wildman–Crippen MR) is 50.3 cm³/mol. The van der Waals surface area contributed by atoms with Gasteiger partial charge in [-0.2, -0.15) is 0 Å². The molecule has 0 aliphatic rings. The van der Waals surface area contributed by atoms with Gasteiger partial charge in [0, 0.05) is 12.6 Å². The van der Waals surface area contributed by atoms with Crippen LogP contribution in [0.4, 0.5) is 0 Å². The average Bonchev–Trinajstić information content (AvgIpc) is 2.14. The molecule has 3 atom stereocenters. The van der Waals surface area contributed by atoms with E-state index in [2.05, 4.69) is 10.1 Å². The number of methoxy groups -OCH3 is 1. The number of aliphatic hydroxyl groups is 1. The lowest BCUT2D eigenvalue weighted by molar-refractivity contribution is -0.142. The van der Waals surface area contributed by atoms with Crippen molar-refractivity contribution < 1.29 is 14.6 Å². The van der Waals surface area contributed by atoms with Gasteiger partial charge in [-0.1, -0.05) is 6.92 Å². The highest BCUT2D eigenvalue weighted by Gasteiger charge is 2.18. The van der Waals surface area contributed by atoms with E-state index in [0.717, 1.165) is 0 Å². The zero-order valence-electron chi connectivity index (χ0n) is 8.70. The largest absolute Gasteiger partial charge is 0.468 e. The monoisotopic (exact) mass is 189 g/mol. The van der Waals surface area contributed by atoms with Crippen LogP contribution in [0.3, 0.4) is 0 Å². The van der Waals surface area contributed by atoms with Crippen LogP contribution in [0.15, 0.2) is 0 Å². The lowest BCUT2D eigenvalue weighted by Gasteiger charge is -2.22. The first-order chi connectivity index (χ1) is 6.02. The van der Waals surface area contributed by atoms with Crippen molar-refractivity contribution in [3.63, 3.8) is 0 Å². The molecule has 0 aromatic heterocycles. The fourth-order valence-corrected chi connectivity index (χ4v) is 0.962. The highest BCUT2D eigenvalue weighted by Crippen LogP contribution is 2.02. The molecular formula is C9H19NO3. The van der Waals surface area contributed by atoms with Crippen molar-refractivity contribution in [2.75, 3.05) is 13.7 Å². The molecule has 0 rings (SSSR count). The number of hydrogen-bond donors (Lipinski definition) is 2. The van der Waals surface area contributed by atoms with Gasteiger partial charge in [-0.15, -0.1) is 0 Å². The number of rotatable bonds is 5. The van der Waals surface area contributed by atoms with Crippen LogP contribution in [0, 0.1) is 5.92 Å². The topological polar surface area (TPSA) is 58.6 Å². The number of aliphatic hydroxyl groups excluding tert-OH is 1. The first-order valence-electron chi connectivity index (χ1n) is 4.47. The number of ether oxygens (including phenoxy) is 1. The molecule has 0 heterocycles. The highest BCUT2D eigenvalue weighted by molar-refractivity contribution is 5.75. The molecule has 0 amide bonds. The van der Waals surface area contributed by atoms with Gasteiger partial charge in [0.15, 0.2) is 0 Å². The van der Waals surface area contributed by atoms with Crippen LogP contribution in [0.5, 0.6) is 0 Å². The minimum absolute atomic E-state index is 0.0964. The SMILES string of the molecule is COC(=O)C(C)NC(C)C(C)CO. The number of nitrogens with one attached hydrogen (secondary N) is 1. The van der Waals surface area contributed by atoms with Gasteiger partial charge in [0.05, 0.1) is 7.11 Å². The van der Waals surface area contributed by atoms with Crippen LogP contribution >= 0.6 is 0 Å². The van der Waals surface area contributed by atoms with Crippen LogP contribution in [0.25, 0.3) is 0 Å². The second-order valence-electron chi connectivity index (χ2n) is 3.36. The molecule has 13 heavy (non-hydrogen) atoms. The maximum atomic E-state index is 11.0. The zero-order chi connectivity index (χ0) is 10.4. The van der Waals surface area contributed by atoms with Crippen molar-refractivity contribution in [1.29, 1.82) is 0 Å². The van der Waals surface area contributed by atoms with Crippen LogP contribution in [0.1, 0.15) is 20.8 Å². The molecule has 0 spiro atoms. The summed E-state index contributed by atoms with van der Waals surface area (Å²) in [7, 11) is 1.36. The van der Waals surface area contributed by atoms with Crippen molar-refractivity contribution in [3.05, 3.63) is 0 Å². The van der Waals surface area contributed by atoms with E-state index in [-0.39, 0.29) is 30.6 Å². The fraction of sp³-hybridized carbons (Fsp3) is 0.889. The molecule has 0 saturated heterocycles. The van der Waals surface area contributed by atoms with E-state index in [9.17, 15) is 4.79 Å². The van der Waals surface area contributed by atoms with Crippen LogP contribution < -0.4 is 5.32 Å². The van der Waals surface area contributed by atoms with E-state index >= 15 is 0 Å². The molecule has 0 bridgehead atoms. The second kappa shape index (κ2) is 5.94. The molecule has 0 fully saturated rings. The zero-order valence-corrected chi connectivity index (χ0v) is 8.70. The Hall–Kier alpha value is -0.610. The lowest BCUT2D eigenvalue weighted by atomic mass is 10.0. The summed E-state index contributed by atoms with van der Waals surface area (Å²) in [5.74, 6) is -0.149. The van der Waals surface area contributed by atoms with E-state index < -0.39 is 0 Å². The number of hydrogen-bond acceptors (Lipinski definition) is 4. The molecule has 4 heteroatoms. The van der Waals surface area contributed by atoms with Crippen LogP contribution in [-0.4, -0.2) is 36.9 Å². The molecule has 3 unspecified atom stereocenters. The standard InChI is InChI=1S/C9H19NO3/c1-6(5-11)7(2)10-8(3)9(12)13-4/h6-8,10-11H,5H2,1-4H3. The number of carbonyl (C=O) groups is 1. The third kappa shape index (κ3) is 4.24. The highest BCUT2D eigenvalue weighted by atomic mass is 16.5. The molecule has 0 aliphatic carbocycles. The number of esters is 1. The number of carbonyl (C=O) groups excluding carboxylic acids is 1. The van der Waals surface area contributed by atoms with Gasteiger partial charge in [0.2, 0.25) is 0 Å². The summed E-state index contributed by atoms with van der Waals surface area (Å²) in [6.45, 7) is 5.70. The minimum Gasteiger partial charge on any atom is -0.468 e. The van der Waals surface area contributed by atoms with E-state index in [1.165, 1.54) is 7.11 Å². The molecule has 4 nitrogen and oxygen atoms in total. The first kappa shape index (κ1) is 12.4. The summed E-state index contributed by atoms with van der Waals surface area (Å²) in [5, 5.41) is 11.9. The summed E-state index contributed by atoms with van der Waals surface area (Å²) in [6, 6.07) is -0.229. The Morgan fingerprint density at radius 1 is 1.46 bits per heavy atom. The van der Waals surface area contributed by atoms with Crippen molar-refractivity contribution in [3.8, 4) is 0 Å². The van der Waals surface area contributed by atoms with Gasteiger partial charge in [-0.25, -0.2) is 0 Å². The Balaban J connectivity index is 3.90. The minimum atomic E-state index is -0.325. The third-order valence-electron chi connectivity index (χ3n) is 2.21. The Morgan fingerprint density at radius 3 is 2.38 bits per heavy atom. The maximum Gasteiger partial charge on any atom is 0.322 e. The first-order valence-corrected chi connectivity index (χ1v) is 4.47. The van der Waals surface area contributed by atoms with Crippen molar-refractivity contribution in [2.45, 2.75) is 32.9 Å². The molecule has 0 aromatic carbocycles. The van der Waals surface area contributed by atoms with Crippen LogP contribution in [0.2, 0.25) is 0 Å². The van der Waals surface area contributed by atoms with Gasteiger partial charge < -0.3 is 15.2 Å². The smallest absolute Gasteiger partial charge is 0.322 e. The van der Waals surface area contributed by atoms with Crippen molar-refractivity contribution in [2.24, 2.45) is 5.92 Å². The Labute approximate surface area is 79.3 Å². The van der Waals surface area contributed by atoms with Gasteiger partial charge in [-0.3, -0.25) is 4.79 Å². The average molecular weight is 189 g/mol. The third-order valence-corrected chi connectivity index (χ3v) is 2.21. The summed E-state index contributed by atoms with van der Waals surface area (Å²) < 4.78 is 4.56. The maximum absolute atomic E-state index is 11.0. The molecule has 0 radical (unpaired) electrons. The summed E-state index contributed by atoms with van der Waals surface area (Å²) in [6.07, 6.45) is 0. The molecular weight excluding hydrogens is 170 g/mol. The summed E-state index contributed by atoms with van der Waals surface area (Å²) >= 11 is 0. The van der Waals surface area contributed by atoms with E-state index in [4.69, 9.17) is 5.11 Å². The van der Waals surface area contributed by atoms with Crippen molar-refractivity contribution in [1.82, 2.24) is 5.32 Å². The van der Waals surface area contributed by atoms with Crippen LogP contribution in [-0.2, 0) is 9.53 Å². The molecule has 0 aromatic rings. The Kier molecular flexibility index (Phi) is 5.66. The van der Waals surface area contributed by atoms with E-state index in [1.54, 1.807) is 6.92 Å². The van der Waals surface area contributed by atoms with Gasteiger partial charge in [0.25, 0.3) is 0 Å². The van der Waals surface area contributed by atoms with E-state index in [0.29, 0.717) is 0 Å². The van der Waals surface area contributed by atoms with Crippen molar-refractivity contribution >= 4 is 5.97 Å². The van der Waals surface area contributed by atoms with E-state index in [1.807, 2.05) is 13.8 Å².